The molecular formula is C13H16ClF3N2. The van der Waals surface area contributed by atoms with Crippen LogP contribution in [-0.4, -0.2) is 31.1 Å². The predicted octanol–water partition coefficient (Wildman–Crippen LogP) is 3.87. The van der Waals surface area contributed by atoms with Crippen molar-refractivity contribution in [1.82, 2.24) is 4.90 Å². The van der Waals surface area contributed by atoms with E-state index in [4.69, 9.17) is 11.6 Å². The lowest BCUT2D eigenvalue weighted by Crippen LogP contribution is -2.26. The van der Waals surface area contributed by atoms with E-state index >= 15 is 0 Å². The van der Waals surface area contributed by atoms with Crippen molar-refractivity contribution in [2.24, 2.45) is 0 Å². The minimum atomic E-state index is -4.35. The molecule has 0 amide bonds. The highest BCUT2D eigenvalue weighted by Crippen LogP contribution is 2.33. The van der Waals surface area contributed by atoms with Gasteiger partial charge in [-0.05, 0) is 44.1 Å². The summed E-state index contributed by atoms with van der Waals surface area (Å²) in [6.07, 6.45) is -1.90. The molecule has 0 saturated carbocycles. The molecule has 1 aromatic rings. The summed E-state index contributed by atoms with van der Waals surface area (Å²) >= 11 is 5.85. The molecule has 1 aromatic carbocycles. The molecule has 19 heavy (non-hydrogen) atoms. The largest absolute Gasteiger partial charge is 0.416 e. The zero-order chi connectivity index (χ0) is 13.9. The molecule has 6 heteroatoms. The van der Waals surface area contributed by atoms with Gasteiger partial charge in [0.15, 0.2) is 0 Å². The Balaban J connectivity index is 1.90. The first-order valence-corrected chi connectivity index (χ1v) is 6.67. The third kappa shape index (κ3) is 4.01. The molecule has 2 nitrogen and oxygen atoms in total. The van der Waals surface area contributed by atoms with Gasteiger partial charge in [-0.15, -0.1) is 0 Å². The van der Waals surface area contributed by atoms with Crippen LogP contribution in [0, 0.1) is 0 Å². The summed E-state index contributed by atoms with van der Waals surface area (Å²) in [7, 11) is 0. The quantitative estimate of drug-likeness (QED) is 0.906. The van der Waals surface area contributed by atoms with Crippen LogP contribution in [0.3, 0.4) is 0 Å². The second-order valence-electron chi connectivity index (χ2n) is 4.67. The molecule has 1 saturated heterocycles. The van der Waals surface area contributed by atoms with Gasteiger partial charge >= 0.3 is 6.18 Å². The number of nitrogens with zero attached hydrogens (tertiary/aromatic N) is 1. The van der Waals surface area contributed by atoms with Gasteiger partial charge in [-0.3, -0.25) is 0 Å². The number of hydrogen-bond donors (Lipinski definition) is 1. The molecule has 1 heterocycles. The van der Waals surface area contributed by atoms with Crippen molar-refractivity contribution in [3.8, 4) is 0 Å². The Morgan fingerprint density at radius 1 is 1.21 bits per heavy atom. The number of alkyl halides is 3. The Morgan fingerprint density at radius 2 is 1.89 bits per heavy atom. The third-order valence-electron chi connectivity index (χ3n) is 3.24. The van der Waals surface area contributed by atoms with Crippen LogP contribution >= 0.6 is 11.6 Å². The van der Waals surface area contributed by atoms with E-state index < -0.39 is 11.7 Å². The van der Waals surface area contributed by atoms with Crippen molar-refractivity contribution in [2.45, 2.75) is 19.0 Å². The van der Waals surface area contributed by atoms with Crippen molar-refractivity contribution < 1.29 is 13.2 Å². The van der Waals surface area contributed by atoms with Crippen LogP contribution in [0.4, 0.5) is 18.9 Å². The van der Waals surface area contributed by atoms with Gasteiger partial charge in [-0.25, -0.2) is 0 Å². The van der Waals surface area contributed by atoms with Crippen LogP contribution in [0.1, 0.15) is 18.4 Å². The lowest BCUT2D eigenvalue weighted by molar-refractivity contribution is -0.137. The molecule has 0 radical (unpaired) electrons. The van der Waals surface area contributed by atoms with Crippen molar-refractivity contribution >= 4 is 17.3 Å². The van der Waals surface area contributed by atoms with Crippen molar-refractivity contribution in [2.75, 3.05) is 31.5 Å². The molecule has 1 aliphatic rings. The van der Waals surface area contributed by atoms with E-state index in [2.05, 4.69) is 10.2 Å². The summed E-state index contributed by atoms with van der Waals surface area (Å²) in [5.41, 5.74) is -0.170. The van der Waals surface area contributed by atoms with Gasteiger partial charge in [0.05, 0.1) is 16.3 Å². The number of halogens is 4. The predicted molar refractivity (Wildman–Crippen MR) is 70.6 cm³/mol. The highest BCUT2D eigenvalue weighted by Gasteiger charge is 2.30. The molecule has 0 aromatic heterocycles. The maximum absolute atomic E-state index is 12.5. The zero-order valence-electron chi connectivity index (χ0n) is 10.4. The maximum Gasteiger partial charge on any atom is 0.416 e. The Hall–Kier alpha value is -0.940. The molecule has 0 bridgehead atoms. The van der Waals surface area contributed by atoms with Gasteiger partial charge in [-0.1, -0.05) is 11.6 Å². The van der Waals surface area contributed by atoms with Crippen LogP contribution < -0.4 is 5.32 Å². The van der Waals surface area contributed by atoms with Crippen LogP contribution in [0.25, 0.3) is 0 Å². The number of benzene rings is 1. The summed E-state index contributed by atoms with van der Waals surface area (Å²) in [4.78, 5) is 2.32. The van der Waals surface area contributed by atoms with E-state index in [1.165, 1.54) is 18.9 Å². The van der Waals surface area contributed by atoms with Crippen LogP contribution in [-0.2, 0) is 6.18 Å². The molecule has 0 atom stereocenters. The Labute approximate surface area is 115 Å². The highest BCUT2D eigenvalue weighted by molar-refractivity contribution is 6.33. The lowest BCUT2D eigenvalue weighted by atomic mass is 10.2. The van der Waals surface area contributed by atoms with Crippen LogP contribution in [0.5, 0.6) is 0 Å². The molecule has 0 unspecified atom stereocenters. The van der Waals surface area contributed by atoms with Gasteiger partial charge < -0.3 is 10.2 Å². The molecule has 1 N–H and O–H groups in total. The average Bonchev–Trinajstić information content (AvgIpc) is 2.83. The van der Waals surface area contributed by atoms with E-state index in [0.29, 0.717) is 12.2 Å². The van der Waals surface area contributed by atoms with Gasteiger partial charge in [0, 0.05) is 13.1 Å². The highest BCUT2D eigenvalue weighted by atomic mass is 35.5. The minimum absolute atomic E-state index is 0.108. The fourth-order valence-corrected chi connectivity index (χ4v) is 2.44. The fraction of sp³-hybridized carbons (Fsp3) is 0.538. The normalized spacial score (nSPS) is 16.8. The maximum atomic E-state index is 12.5. The molecule has 106 valence electrons. The van der Waals surface area contributed by atoms with Gasteiger partial charge in [0.25, 0.3) is 0 Å². The zero-order valence-corrected chi connectivity index (χ0v) is 11.2. The number of anilines is 1. The lowest BCUT2D eigenvalue weighted by Gasteiger charge is -2.16. The smallest absolute Gasteiger partial charge is 0.383 e. The summed E-state index contributed by atoms with van der Waals surface area (Å²) in [6.45, 7) is 3.77. The van der Waals surface area contributed by atoms with E-state index in [9.17, 15) is 13.2 Å². The summed E-state index contributed by atoms with van der Waals surface area (Å²) in [6, 6.07) is 3.39. The van der Waals surface area contributed by atoms with E-state index in [0.717, 1.165) is 31.8 Å². The Morgan fingerprint density at radius 3 is 2.47 bits per heavy atom. The summed E-state index contributed by atoms with van der Waals surface area (Å²) in [5, 5.41) is 3.19. The first kappa shape index (κ1) is 14.5. The number of rotatable bonds is 4. The van der Waals surface area contributed by atoms with Crippen molar-refractivity contribution in [3.63, 3.8) is 0 Å². The fourth-order valence-electron chi connectivity index (χ4n) is 2.19. The number of likely N-dealkylation sites (tertiary alicyclic amines) is 1. The van der Waals surface area contributed by atoms with Crippen molar-refractivity contribution in [1.29, 1.82) is 0 Å². The molecule has 0 aliphatic carbocycles. The van der Waals surface area contributed by atoms with E-state index in [1.54, 1.807) is 0 Å². The Bertz CT molecular complexity index is 428. The SMILES string of the molecule is FC(F)(F)c1ccc(NCCN2CCCC2)c(Cl)c1. The second-order valence-corrected chi connectivity index (χ2v) is 5.08. The monoisotopic (exact) mass is 292 g/mol. The Kier molecular flexibility index (Phi) is 4.58. The molecule has 1 fully saturated rings. The molecular weight excluding hydrogens is 277 g/mol. The molecule has 2 rings (SSSR count). The molecule has 1 aliphatic heterocycles. The first-order valence-electron chi connectivity index (χ1n) is 6.30. The number of nitrogens with one attached hydrogen (secondary N) is 1. The molecule has 0 spiro atoms. The first-order chi connectivity index (χ1) is 8.97. The van der Waals surface area contributed by atoms with Gasteiger partial charge in [-0.2, -0.15) is 13.2 Å². The van der Waals surface area contributed by atoms with Gasteiger partial charge in [0.1, 0.15) is 0 Å². The van der Waals surface area contributed by atoms with Crippen LogP contribution in [0.2, 0.25) is 5.02 Å². The number of hydrogen-bond acceptors (Lipinski definition) is 2. The van der Waals surface area contributed by atoms with E-state index in [-0.39, 0.29) is 5.02 Å². The summed E-state index contributed by atoms with van der Waals surface area (Å²) < 4.78 is 37.4. The summed E-state index contributed by atoms with van der Waals surface area (Å²) in [5.74, 6) is 0. The third-order valence-corrected chi connectivity index (χ3v) is 3.55. The van der Waals surface area contributed by atoms with Crippen LogP contribution in [0.15, 0.2) is 18.2 Å². The average molecular weight is 293 g/mol. The standard InChI is InChI=1S/C13H16ClF3N2/c14-11-9-10(13(15,16)17)3-4-12(11)18-5-8-19-6-1-2-7-19/h3-4,9,18H,1-2,5-8H2. The second kappa shape index (κ2) is 6.01. The van der Waals surface area contributed by atoms with Crippen molar-refractivity contribution in [3.05, 3.63) is 28.8 Å². The topological polar surface area (TPSA) is 15.3 Å². The minimum Gasteiger partial charge on any atom is -0.383 e. The van der Waals surface area contributed by atoms with E-state index in [1.807, 2.05) is 0 Å². The van der Waals surface area contributed by atoms with Gasteiger partial charge in [0.2, 0.25) is 0 Å².